The summed E-state index contributed by atoms with van der Waals surface area (Å²) >= 11 is 6.17. The van der Waals surface area contributed by atoms with Crippen LogP contribution in [-0.2, 0) is 6.54 Å². The lowest BCUT2D eigenvalue weighted by atomic mass is 10.1. The van der Waals surface area contributed by atoms with E-state index < -0.39 is 0 Å². The minimum Gasteiger partial charge on any atom is -0.371 e. The van der Waals surface area contributed by atoms with E-state index in [4.69, 9.17) is 17.3 Å². The van der Waals surface area contributed by atoms with E-state index in [2.05, 4.69) is 24.9 Å². The molecule has 0 aliphatic heterocycles. The van der Waals surface area contributed by atoms with Crippen LogP contribution in [0.4, 0.5) is 5.69 Å². The van der Waals surface area contributed by atoms with Gasteiger partial charge in [0.05, 0.1) is 0 Å². The molecule has 0 saturated heterocycles. The molecule has 2 N–H and O–H groups in total. The van der Waals surface area contributed by atoms with E-state index in [0.29, 0.717) is 12.6 Å². The van der Waals surface area contributed by atoms with Gasteiger partial charge in [0, 0.05) is 35.9 Å². The van der Waals surface area contributed by atoms with Gasteiger partial charge in [0.25, 0.3) is 0 Å². The molecule has 1 fully saturated rings. The summed E-state index contributed by atoms with van der Waals surface area (Å²) in [5.41, 5.74) is 8.00. The largest absolute Gasteiger partial charge is 0.371 e. The van der Waals surface area contributed by atoms with Crippen molar-refractivity contribution >= 4 is 17.3 Å². The average molecular weight is 239 g/mol. The Morgan fingerprint density at radius 2 is 2.19 bits per heavy atom. The average Bonchev–Trinajstić information content (AvgIpc) is 3.10. The maximum atomic E-state index is 6.17. The topological polar surface area (TPSA) is 29.3 Å². The van der Waals surface area contributed by atoms with Crippen LogP contribution < -0.4 is 10.6 Å². The summed E-state index contributed by atoms with van der Waals surface area (Å²) < 4.78 is 0. The first-order valence-electron chi connectivity index (χ1n) is 5.85. The fraction of sp³-hybridized carbons (Fsp3) is 0.538. The Hall–Kier alpha value is -0.730. The molecule has 0 spiro atoms. The van der Waals surface area contributed by atoms with E-state index in [0.717, 1.165) is 16.5 Å². The number of nitrogens with two attached hydrogens (primary N) is 1. The number of nitrogens with zero attached hydrogens (tertiary/aromatic N) is 1. The Kier molecular flexibility index (Phi) is 3.41. The lowest BCUT2D eigenvalue weighted by Gasteiger charge is -2.29. The maximum absolute atomic E-state index is 6.17. The van der Waals surface area contributed by atoms with Crippen molar-refractivity contribution in [2.45, 2.75) is 32.4 Å². The third-order valence-electron chi connectivity index (χ3n) is 3.59. The summed E-state index contributed by atoms with van der Waals surface area (Å²) in [6.45, 7) is 2.77. The molecule has 0 heterocycles. The number of hydrogen-bond acceptors (Lipinski definition) is 2. The van der Waals surface area contributed by atoms with Crippen molar-refractivity contribution in [2.75, 3.05) is 11.9 Å². The Balaban J connectivity index is 2.27. The summed E-state index contributed by atoms with van der Waals surface area (Å²) in [6, 6.07) is 6.58. The summed E-state index contributed by atoms with van der Waals surface area (Å²) in [7, 11) is 2.13. The fourth-order valence-electron chi connectivity index (χ4n) is 2.19. The van der Waals surface area contributed by atoms with Gasteiger partial charge in [0.1, 0.15) is 0 Å². The molecule has 1 aromatic rings. The Bertz CT molecular complexity index is 374. The molecule has 0 aromatic heterocycles. The zero-order valence-corrected chi connectivity index (χ0v) is 10.7. The van der Waals surface area contributed by atoms with E-state index >= 15 is 0 Å². The van der Waals surface area contributed by atoms with Gasteiger partial charge in [-0.15, -0.1) is 0 Å². The number of benzene rings is 1. The standard InChI is InChI=1S/C13H19ClN2/c1-9(10-6-7-10)16(2)13-5-3-4-12(14)11(13)8-15/h3-5,9-10H,6-8,15H2,1-2H3. The van der Waals surface area contributed by atoms with E-state index in [1.54, 1.807) is 0 Å². The molecule has 16 heavy (non-hydrogen) atoms. The summed E-state index contributed by atoms with van der Waals surface area (Å²) in [6.07, 6.45) is 2.70. The Morgan fingerprint density at radius 3 is 2.75 bits per heavy atom. The first-order valence-corrected chi connectivity index (χ1v) is 6.23. The van der Waals surface area contributed by atoms with E-state index in [9.17, 15) is 0 Å². The Morgan fingerprint density at radius 1 is 1.50 bits per heavy atom. The highest BCUT2D eigenvalue weighted by Crippen LogP contribution is 2.37. The molecule has 1 atom stereocenters. The van der Waals surface area contributed by atoms with Crippen LogP contribution in [0.15, 0.2) is 18.2 Å². The van der Waals surface area contributed by atoms with Crippen LogP contribution in [0.2, 0.25) is 5.02 Å². The third kappa shape index (κ3) is 2.18. The number of anilines is 1. The van der Waals surface area contributed by atoms with Crippen molar-refractivity contribution in [3.8, 4) is 0 Å². The number of hydrogen-bond donors (Lipinski definition) is 1. The molecule has 88 valence electrons. The smallest absolute Gasteiger partial charge is 0.0471 e. The molecule has 1 unspecified atom stereocenters. The Labute approximate surface area is 102 Å². The highest BCUT2D eigenvalue weighted by atomic mass is 35.5. The molecule has 1 aliphatic rings. The zero-order chi connectivity index (χ0) is 11.7. The van der Waals surface area contributed by atoms with Crippen molar-refractivity contribution in [2.24, 2.45) is 11.7 Å². The van der Waals surface area contributed by atoms with Gasteiger partial charge in [-0.2, -0.15) is 0 Å². The minimum absolute atomic E-state index is 0.497. The lowest BCUT2D eigenvalue weighted by molar-refractivity contribution is 0.607. The van der Waals surface area contributed by atoms with Crippen molar-refractivity contribution in [1.82, 2.24) is 0 Å². The minimum atomic E-state index is 0.497. The van der Waals surface area contributed by atoms with Gasteiger partial charge in [0.2, 0.25) is 0 Å². The molecule has 1 saturated carbocycles. The van der Waals surface area contributed by atoms with Gasteiger partial charge in [-0.25, -0.2) is 0 Å². The lowest BCUT2D eigenvalue weighted by Crippen LogP contribution is -2.31. The van der Waals surface area contributed by atoms with Crippen molar-refractivity contribution < 1.29 is 0 Å². The molecule has 2 nitrogen and oxygen atoms in total. The molecule has 0 bridgehead atoms. The molecule has 1 aliphatic carbocycles. The van der Waals surface area contributed by atoms with Gasteiger partial charge in [0.15, 0.2) is 0 Å². The predicted molar refractivity (Wildman–Crippen MR) is 69.9 cm³/mol. The van der Waals surface area contributed by atoms with Gasteiger partial charge in [-0.1, -0.05) is 17.7 Å². The second-order valence-electron chi connectivity index (χ2n) is 4.63. The van der Waals surface area contributed by atoms with Crippen LogP contribution in [0.25, 0.3) is 0 Å². The van der Waals surface area contributed by atoms with Gasteiger partial charge >= 0.3 is 0 Å². The molecule has 0 amide bonds. The first kappa shape index (κ1) is 11.7. The highest BCUT2D eigenvalue weighted by Gasteiger charge is 2.31. The number of rotatable bonds is 4. The van der Waals surface area contributed by atoms with E-state index in [1.165, 1.54) is 18.5 Å². The first-order chi connectivity index (χ1) is 7.65. The van der Waals surface area contributed by atoms with Crippen LogP contribution in [0.5, 0.6) is 0 Å². The molecular weight excluding hydrogens is 220 g/mol. The molecule has 3 heteroatoms. The molecular formula is C13H19ClN2. The van der Waals surface area contributed by atoms with Crippen LogP contribution in [0.3, 0.4) is 0 Å². The summed E-state index contributed by atoms with van der Waals surface area (Å²) in [5, 5.41) is 0.773. The van der Waals surface area contributed by atoms with Crippen molar-refractivity contribution in [3.05, 3.63) is 28.8 Å². The SMILES string of the molecule is CC(C1CC1)N(C)c1cccc(Cl)c1CN. The third-order valence-corrected chi connectivity index (χ3v) is 3.95. The van der Waals surface area contributed by atoms with Gasteiger partial charge in [-0.3, -0.25) is 0 Å². The predicted octanol–water partition coefficient (Wildman–Crippen LogP) is 3.03. The van der Waals surface area contributed by atoms with Crippen LogP contribution in [0.1, 0.15) is 25.3 Å². The normalized spacial score (nSPS) is 17.2. The fourth-order valence-corrected chi connectivity index (χ4v) is 2.44. The quantitative estimate of drug-likeness (QED) is 0.874. The van der Waals surface area contributed by atoms with Gasteiger partial charge < -0.3 is 10.6 Å². The highest BCUT2D eigenvalue weighted by molar-refractivity contribution is 6.31. The van der Waals surface area contributed by atoms with E-state index in [1.807, 2.05) is 12.1 Å². The molecule has 2 rings (SSSR count). The summed E-state index contributed by atoms with van der Waals surface area (Å²) in [4.78, 5) is 2.31. The van der Waals surface area contributed by atoms with Crippen LogP contribution in [0, 0.1) is 5.92 Å². The van der Waals surface area contributed by atoms with Crippen LogP contribution in [-0.4, -0.2) is 13.1 Å². The second-order valence-corrected chi connectivity index (χ2v) is 5.04. The number of halogens is 1. The van der Waals surface area contributed by atoms with Crippen molar-refractivity contribution in [1.29, 1.82) is 0 Å². The summed E-state index contributed by atoms with van der Waals surface area (Å²) in [5.74, 6) is 0.842. The monoisotopic (exact) mass is 238 g/mol. The molecule has 0 radical (unpaired) electrons. The second kappa shape index (κ2) is 4.64. The van der Waals surface area contributed by atoms with E-state index in [-0.39, 0.29) is 0 Å². The van der Waals surface area contributed by atoms with Crippen molar-refractivity contribution in [3.63, 3.8) is 0 Å². The van der Waals surface area contributed by atoms with Crippen LogP contribution >= 0.6 is 11.6 Å². The van der Waals surface area contributed by atoms with Gasteiger partial charge in [-0.05, 0) is 37.8 Å². The maximum Gasteiger partial charge on any atom is 0.0471 e. The zero-order valence-electron chi connectivity index (χ0n) is 9.91. The molecule has 1 aromatic carbocycles.